The van der Waals surface area contributed by atoms with Crippen molar-refractivity contribution in [2.24, 2.45) is 10.2 Å². The van der Waals surface area contributed by atoms with E-state index >= 15 is 0 Å². The number of phenols is 1. The molecule has 0 bridgehead atoms. The number of hydrogen-bond acceptors (Lipinski definition) is 6. The number of halogens is 2. The monoisotopic (exact) mass is 556 g/mol. The van der Waals surface area contributed by atoms with Crippen LogP contribution in [0.15, 0.2) is 95.1 Å². The summed E-state index contributed by atoms with van der Waals surface area (Å²) in [5, 5.41) is 20.9. The summed E-state index contributed by atoms with van der Waals surface area (Å²) in [5.41, 5.74) is 12.8. The van der Waals surface area contributed by atoms with Crippen molar-refractivity contribution in [1.82, 2.24) is 10.9 Å². The maximum atomic E-state index is 10.7. The number of phenolic OH excluding ortho intramolecular Hbond substituents is 1. The minimum Gasteiger partial charge on any atom is -0.507 e. The van der Waals surface area contributed by atoms with Gasteiger partial charge in [0.05, 0.1) is 28.5 Å². The standard InChI is InChI=1S/C31H26Cl2N4O2/c1-18-7-12-31(24(13-18)29-17-27(35-37-29)22-10-8-20(32)14-25(22)33)39-21-9-11-30(38)23(15-21)28-16-26(34-36-28)19-5-3-2-4-6-19/h2-15,26,29,34,37-38H,16-17H2,1H3. The summed E-state index contributed by atoms with van der Waals surface area (Å²) >= 11 is 12.5. The van der Waals surface area contributed by atoms with Gasteiger partial charge in [-0.05, 0) is 48.9 Å². The van der Waals surface area contributed by atoms with Crippen LogP contribution in [0.1, 0.15) is 52.7 Å². The molecule has 2 unspecified atom stereocenters. The van der Waals surface area contributed by atoms with Crippen LogP contribution in [-0.4, -0.2) is 16.5 Å². The summed E-state index contributed by atoms with van der Waals surface area (Å²) in [7, 11) is 0. The third-order valence-electron chi connectivity index (χ3n) is 7.00. The molecule has 2 aliphatic rings. The first-order valence-electron chi connectivity index (χ1n) is 12.7. The SMILES string of the molecule is Cc1ccc(Oc2ccc(O)c(C3=NNC(c4ccccc4)C3)c2)c(C2CC(c3ccc(Cl)cc3Cl)=NN2)c1. The van der Waals surface area contributed by atoms with Crippen molar-refractivity contribution >= 4 is 34.6 Å². The van der Waals surface area contributed by atoms with E-state index in [1.165, 1.54) is 0 Å². The second kappa shape index (κ2) is 10.6. The number of hydrazone groups is 2. The van der Waals surface area contributed by atoms with Crippen LogP contribution in [0, 0.1) is 6.92 Å². The van der Waals surface area contributed by atoms with Crippen LogP contribution in [0.25, 0.3) is 0 Å². The lowest BCUT2D eigenvalue weighted by molar-refractivity contribution is 0.454. The first-order valence-corrected chi connectivity index (χ1v) is 13.5. The van der Waals surface area contributed by atoms with Crippen molar-refractivity contribution in [1.29, 1.82) is 0 Å². The molecule has 196 valence electrons. The Bertz CT molecular complexity index is 1600. The first-order chi connectivity index (χ1) is 18.9. The van der Waals surface area contributed by atoms with Gasteiger partial charge in [-0.1, -0.05) is 77.3 Å². The lowest BCUT2D eigenvalue weighted by Gasteiger charge is -2.18. The molecule has 0 amide bonds. The summed E-state index contributed by atoms with van der Waals surface area (Å²) < 4.78 is 6.40. The molecule has 2 aliphatic heterocycles. The van der Waals surface area contributed by atoms with Gasteiger partial charge >= 0.3 is 0 Å². The van der Waals surface area contributed by atoms with Gasteiger partial charge in [-0.25, -0.2) is 0 Å². The fourth-order valence-electron chi connectivity index (χ4n) is 4.97. The van der Waals surface area contributed by atoms with Crippen LogP contribution in [0.3, 0.4) is 0 Å². The minimum atomic E-state index is -0.0896. The van der Waals surface area contributed by atoms with E-state index < -0.39 is 0 Å². The van der Waals surface area contributed by atoms with Crippen molar-refractivity contribution in [2.75, 3.05) is 0 Å². The molecule has 0 spiro atoms. The molecule has 0 aliphatic carbocycles. The lowest BCUT2D eigenvalue weighted by atomic mass is 9.97. The van der Waals surface area contributed by atoms with Gasteiger partial charge in [-0.2, -0.15) is 10.2 Å². The maximum absolute atomic E-state index is 10.7. The molecule has 2 atom stereocenters. The predicted molar refractivity (Wildman–Crippen MR) is 156 cm³/mol. The molecule has 3 N–H and O–H groups in total. The van der Waals surface area contributed by atoms with E-state index in [1.54, 1.807) is 18.2 Å². The zero-order chi connectivity index (χ0) is 26.9. The van der Waals surface area contributed by atoms with E-state index in [9.17, 15) is 5.11 Å². The van der Waals surface area contributed by atoms with Crippen molar-refractivity contribution in [3.8, 4) is 17.2 Å². The van der Waals surface area contributed by atoms with E-state index in [2.05, 4.69) is 39.3 Å². The van der Waals surface area contributed by atoms with Gasteiger partial charge < -0.3 is 20.7 Å². The minimum absolute atomic E-state index is 0.0608. The van der Waals surface area contributed by atoms with Crippen LogP contribution in [0.4, 0.5) is 0 Å². The molecule has 8 heteroatoms. The summed E-state index contributed by atoms with van der Waals surface area (Å²) in [5.74, 6) is 1.48. The zero-order valence-corrected chi connectivity index (χ0v) is 22.7. The largest absolute Gasteiger partial charge is 0.507 e. The van der Waals surface area contributed by atoms with Crippen molar-refractivity contribution in [2.45, 2.75) is 31.8 Å². The van der Waals surface area contributed by atoms with Gasteiger partial charge in [0.2, 0.25) is 0 Å². The molecule has 6 rings (SSSR count). The maximum Gasteiger partial charge on any atom is 0.132 e. The predicted octanol–water partition coefficient (Wildman–Crippen LogP) is 7.68. The Kier molecular flexibility index (Phi) is 6.90. The summed E-state index contributed by atoms with van der Waals surface area (Å²) in [6, 6.07) is 26.9. The van der Waals surface area contributed by atoms with Crippen LogP contribution in [-0.2, 0) is 0 Å². The van der Waals surface area contributed by atoms with Crippen LogP contribution in [0.2, 0.25) is 10.0 Å². The first kappa shape index (κ1) is 25.3. The van der Waals surface area contributed by atoms with Crippen LogP contribution in [0.5, 0.6) is 17.2 Å². The second-order valence-electron chi connectivity index (χ2n) is 9.75. The van der Waals surface area contributed by atoms with E-state index in [1.807, 2.05) is 55.5 Å². The number of ether oxygens (including phenoxy) is 1. The van der Waals surface area contributed by atoms with E-state index in [-0.39, 0.29) is 17.8 Å². The Morgan fingerprint density at radius 3 is 2.33 bits per heavy atom. The number of hydrogen-bond donors (Lipinski definition) is 3. The fraction of sp³-hybridized carbons (Fsp3) is 0.161. The topological polar surface area (TPSA) is 78.2 Å². The van der Waals surface area contributed by atoms with Crippen molar-refractivity contribution in [3.63, 3.8) is 0 Å². The van der Waals surface area contributed by atoms with E-state index in [0.717, 1.165) is 33.7 Å². The molecule has 0 saturated carbocycles. The summed E-state index contributed by atoms with van der Waals surface area (Å²) in [6.45, 7) is 2.05. The molecule has 4 aromatic rings. The Balaban J connectivity index is 1.22. The smallest absolute Gasteiger partial charge is 0.132 e. The fourth-order valence-corrected chi connectivity index (χ4v) is 5.49. The van der Waals surface area contributed by atoms with Crippen molar-refractivity contribution < 1.29 is 9.84 Å². The number of nitrogens with zero attached hydrogens (tertiary/aromatic N) is 2. The highest BCUT2D eigenvalue weighted by molar-refractivity contribution is 6.37. The Morgan fingerprint density at radius 1 is 0.795 bits per heavy atom. The van der Waals surface area contributed by atoms with Crippen LogP contribution >= 0.6 is 23.2 Å². The molecule has 2 heterocycles. The number of rotatable bonds is 6. The molecule has 0 saturated heterocycles. The highest BCUT2D eigenvalue weighted by Gasteiger charge is 2.27. The van der Waals surface area contributed by atoms with E-state index in [4.69, 9.17) is 27.9 Å². The average molecular weight is 557 g/mol. The van der Waals surface area contributed by atoms with Gasteiger partial charge in [0.15, 0.2) is 0 Å². The molecule has 0 aromatic heterocycles. The molecule has 39 heavy (non-hydrogen) atoms. The van der Waals surface area contributed by atoms with Crippen LogP contribution < -0.4 is 15.6 Å². The lowest BCUT2D eigenvalue weighted by Crippen LogP contribution is -2.11. The normalized spacial score (nSPS) is 18.2. The Morgan fingerprint density at radius 2 is 1.54 bits per heavy atom. The zero-order valence-electron chi connectivity index (χ0n) is 21.2. The molecule has 0 fully saturated rings. The summed E-state index contributed by atoms with van der Waals surface area (Å²) in [4.78, 5) is 0. The molecule has 4 aromatic carbocycles. The Labute approximate surface area is 236 Å². The van der Waals surface area contributed by atoms with Gasteiger partial charge in [0.25, 0.3) is 0 Å². The third kappa shape index (κ3) is 5.31. The highest BCUT2D eigenvalue weighted by Crippen LogP contribution is 2.37. The quantitative estimate of drug-likeness (QED) is 0.227. The number of benzene rings is 4. The third-order valence-corrected chi connectivity index (χ3v) is 7.54. The van der Waals surface area contributed by atoms with Gasteiger partial charge in [0, 0.05) is 34.6 Å². The molecule has 0 radical (unpaired) electrons. The number of aryl methyl sites for hydroxylation is 1. The van der Waals surface area contributed by atoms with Gasteiger partial charge in [-0.3, -0.25) is 0 Å². The van der Waals surface area contributed by atoms with E-state index in [0.29, 0.717) is 39.9 Å². The molecule has 6 nitrogen and oxygen atoms in total. The van der Waals surface area contributed by atoms with Gasteiger partial charge in [-0.15, -0.1) is 0 Å². The highest BCUT2D eigenvalue weighted by atomic mass is 35.5. The molecular formula is C31H26Cl2N4O2. The molecular weight excluding hydrogens is 531 g/mol. The number of nitrogens with one attached hydrogen (secondary N) is 2. The Hall–Kier alpha value is -4.00. The number of aromatic hydroxyl groups is 1. The second-order valence-corrected chi connectivity index (χ2v) is 10.6. The average Bonchev–Trinajstić information content (AvgIpc) is 3.62. The van der Waals surface area contributed by atoms with Gasteiger partial charge in [0.1, 0.15) is 17.2 Å². The van der Waals surface area contributed by atoms with Crippen molar-refractivity contribution in [3.05, 3.63) is 123 Å². The summed E-state index contributed by atoms with van der Waals surface area (Å²) in [6.07, 6.45) is 1.31.